The maximum Gasteiger partial charge on any atom is 0.237 e. The lowest BCUT2D eigenvalue weighted by Gasteiger charge is -2.34. The highest BCUT2D eigenvalue weighted by Gasteiger charge is 2.27. The van der Waals surface area contributed by atoms with E-state index in [2.05, 4.69) is 29.1 Å². The van der Waals surface area contributed by atoms with Gasteiger partial charge in [0.05, 0.1) is 6.04 Å². The van der Waals surface area contributed by atoms with E-state index in [1.807, 2.05) is 24.3 Å². The van der Waals surface area contributed by atoms with E-state index in [0.29, 0.717) is 19.2 Å². The number of carbonyl (C=O) groups excluding carboxylic acids is 1. The lowest BCUT2D eigenvalue weighted by molar-refractivity contribution is -0.127. The molecular weight excluding hydrogens is 378 g/mol. The van der Waals surface area contributed by atoms with Gasteiger partial charge in [0, 0.05) is 32.3 Å². The minimum Gasteiger partial charge on any atom is -0.492 e. The number of nitrogens with one attached hydrogen (secondary N) is 1. The Kier molecular flexibility index (Phi) is 9.43. The van der Waals surface area contributed by atoms with Crippen molar-refractivity contribution in [1.29, 1.82) is 0 Å². The van der Waals surface area contributed by atoms with Gasteiger partial charge in [-0.15, -0.1) is 0 Å². The van der Waals surface area contributed by atoms with Crippen LogP contribution in [0.25, 0.3) is 0 Å². The largest absolute Gasteiger partial charge is 0.492 e. The van der Waals surface area contributed by atoms with Crippen molar-refractivity contribution in [1.82, 2.24) is 15.1 Å². The van der Waals surface area contributed by atoms with Crippen LogP contribution in [0.2, 0.25) is 0 Å². The van der Waals surface area contributed by atoms with Gasteiger partial charge in [0.2, 0.25) is 5.91 Å². The van der Waals surface area contributed by atoms with E-state index in [-0.39, 0.29) is 11.9 Å². The van der Waals surface area contributed by atoms with Crippen molar-refractivity contribution in [3.63, 3.8) is 0 Å². The SMILES string of the molecule is CCCN1CCCCC1C(=O)NCc1cccc(OCCN(C)C2CCOCC2)c1. The monoisotopic (exact) mass is 417 g/mol. The molecule has 1 amide bonds. The number of rotatable bonds is 10. The molecule has 1 aromatic carbocycles. The molecule has 30 heavy (non-hydrogen) atoms. The van der Waals surface area contributed by atoms with Crippen molar-refractivity contribution in [2.24, 2.45) is 0 Å². The van der Waals surface area contributed by atoms with Crippen molar-refractivity contribution >= 4 is 5.91 Å². The Hall–Kier alpha value is -1.63. The Bertz CT molecular complexity index is 646. The number of likely N-dealkylation sites (N-methyl/N-ethyl adjacent to an activating group) is 1. The van der Waals surface area contributed by atoms with Crippen LogP contribution in [0.3, 0.4) is 0 Å². The third-order valence-corrected chi connectivity index (χ3v) is 6.32. The zero-order valence-electron chi connectivity index (χ0n) is 18.8. The average Bonchev–Trinajstić information content (AvgIpc) is 2.79. The average molecular weight is 418 g/mol. The molecule has 6 heteroatoms. The predicted molar refractivity (Wildman–Crippen MR) is 120 cm³/mol. The smallest absolute Gasteiger partial charge is 0.237 e. The normalized spacial score (nSPS) is 21.0. The molecule has 1 atom stereocenters. The lowest BCUT2D eigenvalue weighted by Crippen LogP contribution is -2.49. The first-order chi connectivity index (χ1) is 14.7. The predicted octanol–water partition coefficient (Wildman–Crippen LogP) is 3.06. The van der Waals surface area contributed by atoms with Crippen LogP contribution in [-0.2, 0) is 16.1 Å². The molecule has 3 rings (SSSR count). The van der Waals surface area contributed by atoms with Gasteiger partial charge in [-0.2, -0.15) is 0 Å². The molecule has 6 nitrogen and oxygen atoms in total. The highest BCUT2D eigenvalue weighted by atomic mass is 16.5. The molecule has 0 aliphatic carbocycles. The van der Waals surface area contributed by atoms with Crippen LogP contribution in [0, 0.1) is 0 Å². The first kappa shape index (κ1) is 23.0. The van der Waals surface area contributed by atoms with Crippen LogP contribution in [0.15, 0.2) is 24.3 Å². The summed E-state index contributed by atoms with van der Waals surface area (Å²) in [6, 6.07) is 8.70. The third kappa shape index (κ3) is 6.96. The topological polar surface area (TPSA) is 54.0 Å². The Morgan fingerprint density at radius 3 is 2.90 bits per heavy atom. The maximum absolute atomic E-state index is 12.7. The van der Waals surface area contributed by atoms with Gasteiger partial charge in [-0.3, -0.25) is 14.6 Å². The van der Waals surface area contributed by atoms with Gasteiger partial charge in [-0.1, -0.05) is 25.5 Å². The zero-order chi connectivity index (χ0) is 21.2. The lowest BCUT2D eigenvalue weighted by atomic mass is 10.0. The van der Waals surface area contributed by atoms with Gasteiger partial charge in [0.1, 0.15) is 12.4 Å². The number of benzene rings is 1. The molecule has 0 bridgehead atoms. The van der Waals surface area contributed by atoms with Crippen LogP contribution >= 0.6 is 0 Å². The van der Waals surface area contributed by atoms with Gasteiger partial charge in [-0.05, 0) is 69.9 Å². The summed E-state index contributed by atoms with van der Waals surface area (Å²) in [6.45, 7) is 8.06. The van der Waals surface area contributed by atoms with Crippen molar-refractivity contribution in [2.75, 3.05) is 46.5 Å². The van der Waals surface area contributed by atoms with E-state index in [1.165, 1.54) is 6.42 Å². The number of amides is 1. The molecule has 0 aromatic heterocycles. The standard InChI is InChI=1S/C24H39N3O3/c1-3-12-27-13-5-4-9-23(27)24(28)25-19-20-7-6-8-22(18-20)30-17-14-26(2)21-10-15-29-16-11-21/h6-8,18,21,23H,3-5,9-17,19H2,1-2H3,(H,25,28). The van der Waals surface area contributed by atoms with E-state index >= 15 is 0 Å². The summed E-state index contributed by atoms with van der Waals surface area (Å²) in [6.07, 6.45) is 6.60. The molecule has 1 unspecified atom stereocenters. The van der Waals surface area contributed by atoms with Crippen molar-refractivity contribution in [3.05, 3.63) is 29.8 Å². The Labute approximate surface area is 181 Å². The summed E-state index contributed by atoms with van der Waals surface area (Å²) >= 11 is 0. The molecule has 1 aromatic rings. The molecule has 0 spiro atoms. The second-order valence-corrected chi connectivity index (χ2v) is 8.59. The molecule has 0 radical (unpaired) electrons. The van der Waals surface area contributed by atoms with E-state index in [9.17, 15) is 4.79 Å². The van der Waals surface area contributed by atoms with Gasteiger partial charge < -0.3 is 14.8 Å². The summed E-state index contributed by atoms with van der Waals surface area (Å²) in [4.78, 5) is 17.5. The Morgan fingerprint density at radius 2 is 2.10 bits per heavy atom. The Morgan fingerprint density at radius 1 is 1.27 bits per heavy atom. The summed E-state index contributed by atoms with van der Waals surface area (Å²) in [5, 5.41) is 3.15. The van der Waals surface area contributed by atoms with Crippen LogP contribution in [0.1, 0.15) is 51.0 Å². The molecule has 2 fully saturated rings. The maximum atomic E-state index is 12.7. The molecule has 2 aliphatic rings. The minimum atomic E-state index is 0.0267. The quantitative estimate of drug-likeness (QED) is 0.634. The van der Waals surface area contributed by atoms with E-state index in [0.717, 1.165) is 76.3 Å². The van der Waals surface area contributed by atoms with Crippen molar-refractivity contribution in [2.45, 2.75) is 64.1 Å². The number of carbonyl (C=O) groups is 1. The zero-order valence-corrected chi connectivity index (χ0v) is 18.8. The number of hydrogen-bond acceptors (Lipinski definition) is 5. The first-order valence-corrected chi connectivity index (χ1v) is 11.7. The molecule has 2 aliphatic heterocycles. The second-order valence-electron chi connectivity index (χ2n) is 8.59. The van der Waals surface area contributed by atoms with Crippen molar-refractivity contribution in [3.8, 4) is 5.75 Å². The Balaban J connectivity index is 1.42. The molecule has 168 valence electrons. The van der Waals surface area contributed by atoms with E-state index < -0.39 is 0 Å². The molecule has 1 N–H and O–H groups in total. The minimum absolute atomic E-state index is 0.0267. The molecule has 2 saturated heterocycles. The van der Waals surface area contributed by atoms with Gasteiger partial charge in [0.15, 0.2) is 0 Å². The van der Waals surface area contributed by atoms with Crippen LogP contribution in [0.4, 0.5) is 0 Å². The fraction of sp³-hybridized carbons (Fsp3) is 0.708. The summed E-state index contributed by atoms with van der Waals surface area (Å²) in [7, 11) is 2.17. The number of nitrogens with zero attached hydrogens (tertiary/aromatic N) is 2. The number of hydrogen-bond donors (Lipinski definition) is 1. The summed E-state index contributed by atoms with van der Waals surface area (Å²) in [5.41, 5.74) is 1.08. The third-order valence-electron chi connectivity index (χ3n) is 6.32. The fourth-order valence-electron chi connectivity index (χ4n) is 4.51. The first-order valence-electron chi connectivity index (χ1n) is 11.7. The van der Waals surface area contributed by atoms with E-state index in [4.69, 9.17) is 9.47 Å². The number of ether oxygens (including phenoxy) is 2. The summed E-state index contributed by atoms with van der Waals surface area (Å²) < 4.78 is 11.4. The number of likely N-dealkylation sites (tertiary alicyclic amines) is 1. The van der Waals surface area contributed by atoms with Crippen molar-refractivity contribution < 1.29 is 14.3 Å². The second kappa shape index (κ2) is 12.3. The van der Waals surface area contributed by atoms with Gasteiger partial charge >= 0.3 is 0 Å². The number of piperidine rings is 1. The fourth-order valence-corrected chi connectivity index (χ4v) is 4.51. The molecule has 2 heterocycles. The summed E-state index contributed by atoms with van der Waals surface area (Å²) in [5.74, 6) is 1.03. The van der Waals surface area contributed by atoms with Gasteiger partial charge in [-0.25, -0.2) is 0 Å². The highest BCUT2D eigenvalue weighted by Crippen LogP contribution is 2.18. The molecule has 0 saturated carbocycles. The highest BCUT2D eigenvalue weighted by molar-refractivity contribution is 5.81. The van der Waals surface area contributed by atoms with Crippen LogP contribution in [0.5, 0.6) is 5.75 Å². The van der Waals surface area contributed by atoms with Gasteiger partial charge in [0.25, 0.3) is 0 Å². The van der Waals surface area contributed by atoms with Crippen LogP contribution < -0.4 is 10.1 Å². The van der Waals surface area contributed by atoms with Crippen LogP contribution in [-0.4, -0.2) is 74.3 Å². The molecular formula is C24H39N3O3. The van der Waals surface area contributed by atoms with E-state index in [1.54, 1.807) is 0 Å².